The van der Waals surface area contributed by atoms with Crippen molar-refractivity contribution >= 4 is 29.1 Å². The summed E-state index contributed by atoms with van der Waals surface area (Å²) < 4.78 is 5.44. The van der Waals surface area contributed by atoms with Gasteiger partial charge in [-0.3, -0.25) is 4.79 Å². The lowest BCUT2D eigenvalue weighted by Gasteiger charge is -1.99. The Kier molecular flexibility index (Phi) is 4.03. The van der Waals surface area contributed by atoms with Gasteiger partial charge in [0.15, 0.2) is 0 Å². The Morgan fingerprint density at radius 3 is 2.94 bits per heavy atom. The van der Waals surface area contributed by atoms with Crippen molar-refractivity contribution in [3.8, 4) is 10.8 Å². The SMILES string of the molecule is CCc1ccc(-c2nnc(SC(C)C(=O)O)o2)s1. The van der Waals surface area contributed by atoms with Gasteiger partial charge in [-0.2, -0.15) is 0 Å². The molecule has 5 nitrogen and oxygen atoms in total. The first-order chi connectivity index (χ1) is 8.60. The van der Waals surface area contributed by atoms with E-state index in [2.05, 4.69) is 17.1 Å². The van der Waals surface area contributed by atoms with Crippen molar-refractivity contribution in [3.05, 3.63) is 17.0 Å². The largest absolute Gasteiger partial charge is 0.480 e. The predicted molar refractivity (Wildman–Crippen MR) is 69.9 cm³/mol. The minimum absolute atomic E-state index is 0.284. The third kappa shape index (κ3) is 2.91. The molecule has 1 N–H and O–H groups in total. The Labute approximate surface area is 112 Å². The molecule has 0 aliphatic rings. The smallest absolute Gasteiger partial charge is 0.316 e. The van der Waals surface area contributed by atoms with Crippen molar-refractivity contribution in [3.63, 3.8) is 0 Å². The van der Waals surface area contributed by atoms with Gasteiger partial charge in [0.1, 0.15) is 5.25 Å². The zero-order valence-corrected chi connectivity index (χ0v) is 11.5. The highest BCUT2D eigenvalue weighted by molar-refractivity contribution is 8.00. The molecule has 2 heterocycles. The molecule has 0 radical (unpaired) electrons. The average molecular weight is 284 g/mol. The average Bonchev–Trinajstić information content (AvgIpc) is 2.96. The maximum Gasteiger partial charge on any atom is 0.316 e. The van der Waals surface area contributed by atoms with Crippen LogP contribution in [-0.4, -0.2) is 26.5 Å². The summed E-state index contributed by atoms with van der Waals surface area (Å²) in [4.78, 5) is 12.9. The third-order valence-electron chi connectivity index (χ3n) is 2.25. The molecule has 0 aromatic carbocycles. The lowest BCUT2D eigenvalue weighted by atomic mass is 10.4. The van der Waals surface area contributed by atoms with Crippen molar-refractivity contribution in [1.82, 2.24) is 10.2 Å². The second-order valence-corrected chi connectivity index (χ2v) is 6.05. The van der Waals surface area contributed by atoms with Crippen molar-refractivity contribution in [2.75, 3.05) is 0 Å². The summed E-state index contributed by atoms with van der Waals surface area (Å²) in [6, 6.07) is 3.96. The zero-order chi connectivity index (χ0) is 13.1. The Balaban J connectivity index is 2.12. The van der Waals surface area contributed by atoms with Crippen molar-refractivity contribution in [1.29, 1.82) is 0 Å². The molecule has 0 aliphatic heterocycles. The van der Waals surface area contributed by atoms with Gasteiger partial charge >= 0.3 is 5.97 Å². The fraction of sp³-hybridized carbons (Fsp3) is 0.364. The topological polar surface area (TPSA) is 76.2 Å². The lowest BCUT2D eigenvalue weighted by Crippen LogP contribution is -2.10. The molecule has 0 amide bonds. The standard InChI is InChI=1S/C11H12N2O3S2/c1-3-7-4-5-8(18-7)9-12-13-11(16-9)17-6(2)10(14)15/h4-6H,3H2,1-2H3,(H,14,15). The molecule has 2 aromatic heterocycles. The highest BCUT2D eigenvalue weighted by Crippen LogP contribution is 2.30. The Morgan fingerprint density at radius 1 is 1.56 bits per heavy atom. The first-order valence-electron chi connectivity index (χ1n) is 5.42. The van der Waals surface area contributed by atoms with E-state index in [1.165, 1.54) is 4.88 Å². The Hall–Kier alpha value is -1.34. The van der Waals surface area contributed by atoms with Crippen LogP contribution in [0, 0.1) is 0 Å². The van der Waals surface area contributed by atoms with Crippen LogP contribution in [0.5, 0.6) is 0 Å². The summed E-state index contributed by atoms with van der Waals surface area (Å²) in [5.74, 6) is -0.455. The molecular weight excluding hydrogens is 272 g/mol. The minimum Gasteiger partial charge on any atom is -0.480 e. The van der Waals surface area contributed by atoms with Crippen LogP contribution < -0.4 is 0 Å². The summed E-state index contributed by atoms with van der Waals surface area (Å²) in [7, 11) is 0. The number of carbonyl (C=O) groups is 1. The molecule has 0 saturated heterocycles. The summed E-state index contributed by atoms with van der Waals surface area (Å²) in [5, 5.41) is 16.2. The Bertz CT molecular complexity index is 550. The molecule has 2 rings (SSSR count). The van der Waals surface area contributed by atoms with E-state index in [4.69, 9.17) is 9.52 Å². The van der Waals surface area contributed by atoms with Crippen LogP contribution in [0.1, 0.15) is 18.7 Å². The molecule has 2 aromatic rings. The summed E-state index contributed by atoms with van der Waals surface area (Å²) in [5.41, 5.74) is 0. The van der Waals surface area contributed by atoms with Crippen molar-refractivity contribution in [2.24, 2.45) is 0 Å². The van der Waals surface area contributed by atoms with Crippen LogP contribution >= 0.6 is 23.1 Å². The number of nitrogens with zero attached hydrogens (tertiary/aromatic N) is 2. The van der Waals surface area contributed by atoms with E-state index in [1.54, 1.807) is 18.3 Å². The lowest BCUT2D eigenvalue weighted by molar-refractivity contribution is -0.136. The van der Waals surface area contributed by atoms with Gasteiger partial charge in [0.05, 0.1) is 4.88 Å². The minimum atomic E-state index is -0.899. The number of thiophene rings is 1. The van der Waals surface area contributed by atoms with Gasteiger partial charge in [-0.15, -0.1) is 21.5 Å². The fourth-order valence-corrected chi connectivity index (χ4v) is 2.73. The van der Waals surface area contributed by atoms with Gasteiger partial charge in [-0.25, -0.2) is 0 Å². The maximum absolute atomic E-state index is 10.7. The molecule has 0 saturated carbocycles. The van der Waals surface area contributed by atoms with E-state index >= 15 is 0 Å². The van der Waals surface area contributed by atoms with E-state index in [0.29, 0.717) is 5.89 Å². The number of thioether (sulfide) groups is 1. The number of aromatic nitrogens is 2. The molecule has 0 bridgehead atoms. The van der Waals surface area contributed by atoms with E-state index < -0.39 is 11.2 Å². The van der Waals surface area contributed by atoms with Crippen LogP contribution in [-0.2, 0) is 11.2 Å². The highest BCUT2D eigenvalue weighted by atomic mass is 32.2. The van der Waals surface area contributed by atoms with Gasteiger partial charge in [0, 0.05) is 4.88 Å². The first kappa shape index (κ1) is 13.1. The predicted octanol–water partition coefficient (Wildman–Crippen LogP) is 2.93. The van der Waals surface area contributed by atoms with E-state index in [-0.39, 0.29) is 5.22 Å². The summed E-state index contributed by atoms with van der Waals surface area (Å²) >= 11 is 2.65. The second-order valence-electron chi connectivity index (χ2n) is 3.59. The molecule has 0 spiro atoms. The van der Waals surface area contributed by atoms with Crippen molar-refractivity contribution in [2.45, 2.75) is 30.7 Å². The Morgan fingerprint density at radius 2 is 2.33 bits per heavy atom. The van der Waals surface area contributed by atoms with E-state index in [1.807, 2.05) is 12.1 Å². The third-order valence-corrected chi connectivity index (χ3v) is 4.39. The fourth-order valence-electron chi connectivity index (χ4n) is 1.24. The summed E-state index contributed by atoms with van der Waals surface area (Å²) in [6.45, 7) is 3.66. The van der Waals surface area contributed by atoms with E-state index in [0.717, 1.165) is 23.1 Å². The highest BCUT2D eigenvalue weighted by Gasteiger charge is 2.18. The number of rotatable bonds is 5. The molecule has 0 fully saturated rings. The van der Waals surface area contributed by atoms with Gasteiger partial charge < -0.3 is 9.52 Å². The molecule has 96 valence electrons. The number of hydrogen-bond acceptors (Lipinski definition) is 6. The molecule has 0 aliphatic carbocycles. The molecule has 1 unspecified atom stereocenters. The quantitative estimate of drug-likeness (QED) is 0.851. The van der Waals surface area contributed by atoms with Gasteiger partial charge in [0.25, 0.3) is 11.1 Å². The van der Waals surface area contributed by atoms with Gasteiger partial charge in [0.2, 0.25) is 0 Å². The number of carboxylic acids is 1. The number of aliphatic carboxylic acids is 1. The zero-order valence-electron chi connectivity index (χ0n) is 9.91. The second kappa shape index (κ2) is 5.53. The molecular formula is C11H12N2O3S2. The van der Waals surface area contributed by atoms with E-state index in [9.17, 15) is 4.79 Å². The number of aryl methyl sites for hydroxylation is 1. The number of carboxylic acid groups (broad SMARTS) is 1. The molecule has 7 heteroatoms. The van der Waals surface area contributed by atoms with Gasteiger partial charge in [-0.1, -0.05) is 18.7 Å². The van der Waals surface area contributed by atoms with Crippen LogP contribution in [0.3, 0.4) is 0 Å². The number of hydrogen-bond donors (Lipinski definition) is 1. The first-order valence-corrected chi connectivity index (χ1v) is 7.11. The maximum atomic E-state index is 10.7. The van der Waals surface area contributed by atoms with Gasteiger partial charge in [-0.05, 0) is 25.5 Å². The van der Waals surface area contributed by atoms with Crippen molar-refractivity contribution < 1.29 is 14.3 Å². The van der Waals surface area contributed by atoms with Crippen LogP contribution in [0.4, 0.5) is 0 Å². The van der Waals surface area contributed by atoms with Crippen LogP contribution in [0.2, 0.25) is 0 Å². The van der Waals surface area contributed by atoms with Crippen LogP contribution in [0.25, 0.3) is 10.8 Å². The normalized spacial score (nSPS) is 12.6. The molecule has 18 heavy (non-hydrogen) atoms. The van der Waals surface area contributed by atoms with Crippen LogP contribution in [0.15, 0.2) is 21.8 Å². The molecule has 1 atom stereocenters. The monoisotopic (exact) mass is 284 g/mol. The summed E-state index contributed by atoms with van der Waals surface area (Å²) in [6.07, 6.45) is 0.969.